The standard InChI is InChI=1S/C13H20BrN3OS/c1-9(2)8-17-13(18)12(14)11(7-15-17)16-10-3-5-19-6-4-10/h7,9-10,16H,3-6,8H2,1-2H3. The van der Waals surface area contributed by atoms with Gasteiger partial charge in [-0.3, -0.25) is 4.79 Å². The molecular formula is C13H20BrN3OS. The average Bonchev–Trinajstić information content (AvgIpc) is 2.39. The summed E-state index contributed by atoms with van der Waals surface area (Å²) in [6.07, 6.45) is 4.05. The summed E-state index contributed by atoms with van der Waals surface area (Å²) >= 11 is 5.40. The zero-order valence-corrected chi connectivity index (χ0v) is 13.8. The lowest BCUT2D eigenvalue weighted by atomic mass is 10.1. The predicted octanol–water partition coefficient (Wildman–Crippen LogP) is 2.97. The van der Waals surface area contributed by atoms with Gasteiger partial charge in [0.15, 0.2) is 0 Å². The maximum Gasteiger partial charge on any atom is 0.283 e. The Morgan fingerprint density at radius 3 is 2.84 bits per heavy atom. The molecule has 1 aliphatic heterocycles. The van der Waals surface area contributed by atoms with E-state index in [0.29, 0.717) is 23.0 Å². The minimum Gasteiger partial charge on any atom is -0.380 e. The van der Waals surface area contributed by atoms with Gasteiger partial charge >= 0.3 is 0 Å². The molecule has 19 heavy (non-hydrogen) atoms. The first-order valence-electron chi connectivity index (χ1n) is 6.68. The molecule has 1 fully saturated rings. The molecule has 1 aromatic heterocycles. The van der Waals surface area contributed by atoms with E-state index in [0.717, 1.165) is 18.5 Å². The number of aromatic nitrogens is 2. The monoisotopic (exact) mass is 345 g/mol. The Kier molecular flexibility index (Phi) is 5.33. The van der Waals surface area contributed by atoms with Crippen molar-refractivity contribution >= 4 is 33.4 Å². The van der Waals surface area contributed by atoms with Crippen LogP contribution in [0.25, 0.3) is 0 Å². The van der Waals surface area contributed by atoms with Crippen LogP contribution in [0.3, 0.4) is 0 Å². The number of hydrogen-bond acceptors (Lipinski definition) is 4. The molecule has 0 saturated carbocycles. The second-order valence-electron chi connectivity index (χ2n) is 5.28. The lowest BCUT2D eigenvalue weighted by Gasteiger charge is -2.24. The first-order valence-corrected chi connectivity index (χ1v) is 8.62. The first-order chi connectivity index (χ1) is 9.08. The average molecular weight is 346 g/mol. The molecule has 0 spiro atoms. The summed E-state index contributed by atoms with van der Waals surface area (Å²) < 4.78 is 2.12. The summed E-state index contributed by atoms with van der Waals surface area (Å²) in [6, 6.07) is 0.458. The predicted molar refractivity (Wildman–Crippen MR) is 85.0 cm³/mol. The molecule has 0 radical (unpaired) electrons. The maximum absolute atomic E-state index is 12.2. The zero-order chi connectivity index (χ0) is 13.8. The van der Waals surface area contributed by atoms with Gasteiger partial charge in [0.1, 0.15) is 4.47 Å². The van der Waals surface area contributed by atoms with Crippen LogP contribution in [0.15, 0.2) is 15.5 Å². The summed E-state index contributed by atoms with van der Waals surface area (Å²) in [4.78, 5) is 12.2. The third-order valence-electron chi connectivity index (χ3n) is 3.10. The Labute approximate surface area is 126 Å². The highest BCUT2D eigenvalue weighted by Crippen LogP contribution is 2.23. The highest BCUT2D eigenvalue weighted by molar-refractivity contribution is 9.10. The second kappa shape index (κ2) is 6.79. The van der Waals surface area contributed by atoms with Crippen molar-refractivity contribution in [3.63, 3.8) is 0 Å². The van der Waals surface area contributed by atoms with Gasteiger partial charge in [-0.25, -0.2) is 4.68 Å². The van der Waals surface area contributed by atoms with E-state index >= 15 is 0 Å². The molecule has 2 heterocycles. The molecule has 6 heteroatoms. The van der Waals surface area contributed by atoms with Gasteiger partial charge in [-0.15, -0.1) is 0 Å². The van der Waals surface area contributed by atoms with Gasteiger partial charge in [-0.1, -0.05) is 13.8 Å². The Morgan fingerprint density at radius 2 is 2.21 bits per heavy atom. The molecule has 4 nitrogen and oxygen atoms in total. The number of nitrogens with zero attached hydrogens (tertiary/aromatic N) is 2. The third kappa shape index (κ3) is 3.99. The summed E-state index contributed by atoms with van der Waals surface area (Å²) in [5.41, 5.74) is 0.769. The van der Waals surface area contributed by atoms with Crippen LogP contribution < -0.4 is 10.9 Å². The minimum atomic E-state index is -0.0520. The van der Waals surface area contributed by atoms with E-state index in [1.54, 1.807) is 6.20 Å². The molecule has 0 atom stereocenters. The van der Waals surface area contributed by atoms with Crippen LogP contribution in [-0.4, -0.2) is 27.3 Å². The molecular weight excluding hydrogens is 326 g/mol. The van der Waals surface area contributed by atoms with Gasteiger partial charge in [-0.05, 0) is 46.2 Å². The number of thioether (sulfide) groups is 1. The quantitative estimate of drug-likeness (QED) is 0.911. The van der Waals surface area contributed by atoms with E-state index in [1.807, 2.05) is 11.8 Å². The Morgan fingerprint density at radius 1 is 1.53 bits per heavy atom. The highest BCUT2D eigenvalue weighted by atomic mass is 79.9. The number of anilines is 1. The summed E-state index contributed by atoms with van der Waals surface area (Å²) in [7, 11) is 0. The number of nitrogens with one attached hydrogen (secondary N) is 1. The van der Waals surface area contributed by atoms with Crippen LogP contribution in [0.2, 0.25) is 0 Å². The van der Waals surface area contributed by atoms with Gasteiger partial charge in [0, 0.05) is 12.6 Å². The summed E-state index contributed by atoms with van der Waals surface area (Å²) in [5.74, 6) is 2.78. The Balaban J connectivity index is 2.13. The fraction of sp³-hybridized carbons (Fsp3) is 0.692. The van der Waals surface area contributed by atoms with Crippen molar-refractivity contribution in [1.29, 1.82) is 0 Å². The van der Waals surface area contributed by atoms with E-state index in [9.17, 15) is 4.79 Å². The van der Waals surface area contributed by atoms with Crippen LogP contribution in [0, 0.1) is 5.92 Å². The molecule has 0 aliphatic carbocycles. The number of halogens is 1. The van der Waals surface area contributed by atoms with Crippen molar-refractivity contribution in [1.82, 2.24) is 9.78 Å². The fourth-order valence-electron chi connectivity index (χ4n) is 2.10. The third-order valence-corrected chi connectivity index (χ3v) is 4.92. The van der Waals surface area contributed by atoms with Crippen LogP contribution >= 0.6 is 27.7 Å². The first kappa shape index (κ1) is 14.9. The van der Waals surface area contributed by atoms with Crippen LogP contribution in [0.5, 0.6) is 0 Å². The van der Waals surface area contributed by atoms with Gasteiger partial charge in [0.25, 0.3) is 5.56 Å². The van der Waals surface area contributed by atoms with E-state index in [-0.39, 0.29) is 5.56 Å². The van der Waals surface area contributed by atoms with Crippen molar-refractivity contribution in [3.8, 4) is 0 Å². The van der Waals surface area contributed by atoms with E-state index in [4.69, 9.17) is 0 Å². The van der Waals surface area contributed by atoms with Gasteiger partial charge in [0.2, 0.25) is 0 Å². The van der Waals surface area contributed by atoms with Crippen molar-refractivity contribution < 1.29 is 0 Å². The molecule has 0 bridgehead atoms. The largest absolute Gasteiger partial charge is 0.380 e. The SMILES string of the molecule is CC(C)Cn1ncc(NC2CCSCC2)c(Br)c1=O. The summed E-state index contributed by atoms with van der Waals surface area (Å²) in [6.45, 7) is 4.81. The maximum atomic E-state index is 12.2. The topological polar surface area (TPSA) is 46.9 Å². The molecule has 106 valence electrons. The second-order valence-corrected chi connectivity index (χ2v) is 7.30. The van der Waals surface area contributed by atoms with E-state index in [1.165, 1.54) is 16.2 Å². The highest BCUT2D eigenvalue weighted by Gasteiger charge is 2.16. The minimum absolute atomic E-state index is 0.0520. The molecule has 1 N–H and O–H groups in total. The Bertz CT molecular complexity index is 483. The zero-order valence-electron chi connectivity index (χ0n) is 11.4. The molecule has 0 amide bonds. The Hall–Kier alpha value is -0.490. The fourth-order valence-corrected chi connectivity index (χ4v) is 3.63. The molecule has 1 aromatic rings. The van der Waals surface area contributed by atoms with Gasteiger partial charge < -0.3 is 5.32 Å². The van der Waals surface area contributed by atoms with Gasteiger partial charge in [-0.2, -0.15) is 16.9 Å². The number of rotatable bonds is 4. The van der Waals surface area contributed by atoms with Crippen molar-refractivity contribution in [2.24, 2.45) is 5.92 Å². The van der Waals surface area contributed by atoms with Crippen molar-refractivity contribution in [3.05, 3.63) is 21.0 Å². The molecule has 2 rings (SSSR count). The van der Waals surface area contributed by atoms with Crippen LogP contribution in [0.1, 0.15) is 26.7 Å². The lowest BCUT2D eigenvalue weighted by molar-refractivity contribution is 0.462. The molecule has 0 unspecified atom stereocenters. The summed E-state index contributed by atoms with van der Waals surface area (Å²) in [5, 5.41) is 7.69. The van der Waals surface area contributed by atoms with Crippen molar-refractivity contribution in [2.75, 3.05) is 16.8 Å². The molecule has 0 aromatic carbocycles. The van der Waals surface area contributed by atoms with Gasteiger partial charge in [0.05, 0.1) is 11.9 Å². The number of hydrogen-bond donors (Lipinski definition) is 1. The smallest absolute Gasteiger partial charge is 0.283 e. The van der Waals surface area contributed by atoms with Crippen molar-refractivity contribution in [2.45, 2.75) is 39.3 Å². The van der Waals surface area contributed by atoms with E-state index in [2.05, 4.69) is 40.2 Å². The normalized spacial score (nSPS) is 16.8. The van der Waals surface area contributed by atoms with Crippen LogP contribution in [0.4, 0.5) is 5.69 Å². The van der Waals surface area contributed by atoms with Crippen LogP contribution in [-0.2, 0) is 6.54 Å². The molecule has 1 saturated heterocycles. The molecule has 1 aliphatic rings. The lowest BCUT2D eigenvalue weighted by Crippen LogP contribution is -2.29. The van der Waals surface area contributed by atoms with E-state index < -0.39 is 0 Å².